The summed E-state index contributed by atoms with van der Waals surface area (Å²) in [5.74, 6) is 5.48. The lowest BCUT2D eigenvalue weighted by atomic mass is 10.0. The first kappa shape index (κ1) is 15.2. The zero-order valence-corrected chi connectivity index (χ0v) is 11.6. The van der Waals surface area contributed by atoms with Gasteiger partial charge in [-0.2, -0.15) is 0 Å². The van der Waals surface area contributed by atoms with Crippen LogP contribution in [0.25, 0.3) is 0 Å². The quantitative estimate of drug-likeness (QED) is 0.791. The highest BCUT2D eigenvalue weighted by Gasteiger charge is 2.28. The van der Waals surface area contributed by atoms with Crippen LogP contribution in [-0.4, -0.2) is 41.7 Å². The van der Waals surface area contributed by atoms with E-state index in [0.29, 0.717) is 11.1 Å². The second-order valence-corrected chi connectivity index (χ2v) is 4.89. The fourth-order valence-corrected chi connectivity index (χ4v) is 1.49. The van der Waals surface area contributed by atoms with E-state index in [4.69, 9.17) is 5.73 Å². The Balaban J connectivity index is 3.13. The normalized spacial score (nSPS) is 10.6. The van der Waals surface area contributed by atoms with Gasteiger partial charge in [-0.3, -0.25) is 4.79 Å². The van der Waals surface area contributed by atoms with Crippen LogP contribution >= 0.6 is 0 Å². The summed E-state index contributed by atoms with van der Waals surface area (Å²) in [6, 6.07) is 7.14. The van der Waals surface area contributed by atoms with Gasteiger partial charge in [0.05, 0.1) is 24.3 Å². The van der Waals surface area contributed by atoms with Gasteiger partial charge >= 0.3 is 0 Å². The van der Waals surface area contributed by atoms with E-state index in [0.717, 1.165) is 0 Å². The standard InChI is InChI=1S/C15H20N2O2/c1-15(2,11-18)17(3)14(19)13-9-5-4-7-12(13)8-6-10-16/h4-5,7,9,18H,10-11,16H2,1-3H3. The molecule has 4 nitrogen and oxygen atoms in total. The molecule has 0 saturated heterocycles. The molecule has 1 aromatic rings. The maximum absolute atomic E-state index is 12.4. The third kappa shape index (κ3) is 3.57. The van der Waals surface area contributed by atoms with Gasteiger partial charge < -0.3 is 15.7 Å². The Hall–Kier alpha value is -1.83. The zero-order chi connectivity index (χ0) is 14.5. The maximum Gasteiger partial charge on any atom is 0.255 e. The van der Waals surface area contributed by atoms with Crippen LogP contribution in [0.1, 0.15) is 29.8 Å². The highest BCUT2D eigenvalue weighted by molar-refractivity contribution is 5.97. The minimum absolute atomic E-state index is 0.105. The van der Waals surface area contributed by atoms with Crippen molar-refractivity contribution in [1.29, 1.82) is 0 Å². The summed E-state index contributed by atoms with van der Waals surface area (Å²) in [6.07, 6.45) is 0. The molecule has 0 fully saturated rings. The van der Waals surface area contributed by atoms with E-state index in [1.54, 1.807) is 39.1 Å². The van der Waals surface area contributed by atoms with Crippen LogP contribution in [0.3, 0.4) is 0 Å². The number of amides is 1. The SMILES string of the molecule is CN(C(=O)c1ccccc1C#CCN)C(C)(C)CO. The Bertz CT molecular complexity index is 512. The smallest absolute Gasteiger partial charge is 0.255 e. The van der Waals surface area contributed by atoms with Crippen molar-refractivity contribution < 1.29 is 9.90 Å². The molecule has 1 amide bonds. The molecule has 0 atom stereocenters. The number of rotatable bonds is 3. The van der Waals surface area contributed by atoms with E-state index in [1.807, 2.05) is 6.07 Å². The van der Waals surface area contributed by atoms with Gasteiger partial charge in [-0.25, -0.2) is 0 Å². The van der Waals surface area contributed by atoms with Gasteiger partial charge in [0, 0.05) is 12.6 Å². The molecule has 0 aliphatic rings. The van der Waals surface area contributed by atoms with Crippen LogP contribution in [0.5, 0.6) is 0 Å². The van der Waals surface area contributed by atoms with Crippen LogP contribution < -0.4 is 5.73 Å². The van der Waals surface area contributed by atoms with Gasteiger partial charge in [-0.1, -0.05) is 24.0 Å². The predicted octanol–water partition coefficient (Wildman–Crippen LogP) is 0.840. The number of aliphatic hydroxyl groups is 1. The summed E-state index contributed by atoms with van der Waals surface area (Å²) >= 11 is 0. The van der Waals surface area contributed by atoms with Gasteiger partial charge in [0.2, 0.25) is 0 Å². The van der Waals surface area contributed by atoms with Gasteiger partial charge in [0.1, 0.15) is 0 Å². The molecule has 0 radical (unpaired) electrons. The minimum atomic E-state index is -0.620. The molecule has 0 aliphatic carbocycles. The van der Waals surface area contributed by atoms with E-state index >= 15 is 0 Å². The van der Waals surface area contributed by atoms with Crippen LogP contribution in [-0.2, 0) is 0 Å². The third-order valence-corrected chi connectivity index (χ3v) is 3.08. The number of hydrogen-bond donors (Lipinski definition) is 2. The molecule has 1 aromatic carbocycles. The fourth-order valence-electron chi connectivity index (χ4n) is 1.49. The molecular weight excluding hydrogens is 240 g/mol. The van der Waals surface area contributed by atoms with Crippen LogP contribution in [0, 0.1) is 11.8 Å². The average molecular weight is 260 g/mol. The van der Waals surface area contributed by atoms with Crippen molar-refractivity contribution in [3.05, 3.63) is 35.4 Å². The summed E-state index contributed by atoms with van der Waals surface area (Å²) in [5.41, 5.74) is 5.90. The van der Waals surface area contributed by atoms with Crippen molar-refractivity contribution in [1.82, 2.24) is 4.90 Å². The van der Waals surface area contributed by atoms with Crippen LogP contribution in [0.4, 0.5) is 0 Å². The lowest BCUT2D eigenvalue weighted by Gasteiger charge is -2.34. The first-order chi connectivity index (χ1) is 8.94. The van der Waals surface area contributed by atoms with Gasteiger partial charge in [0.15, 0.2) is 0 Å². The number of benzene rings is 1. The van der Waals surface area contributed by atoms with E-state index < -0.39 is 5.54 Å². The number of nitrogens with two attached hydrogens (primary N) is 1. The zero-order valence-electron chi connectivity index (χ0n) is 11.6. The minimum Gasteiger partial charge on any atom is -0.394 e. The molecular formula is C15H20N2O2. The van der Waals surface area contributed by atoms with Crippen molar-refractivity contribution in [3.8, 4) is 11.8 Å². The third-order valence-electron chi connectivity index (χ3n) is 3.08. The topological polar surface area (TPSA) is 66.6 Å². The van der Waals surface area contributed by atoms with Crippen molar-refractivity contribution in [2.75, 3.05) is 20.2 Å². The largest absolute Gasteiger partial charge is 0.394 e. The van der Waals surface area contributed by atoms with Gasteiger partial charge in [-0.05, 0) is 26.0 Å². The molecule has 0 spiro atoms. The van der Waals surface area contributed by atoms with Crippen molar-refractivity contribution >= 4 is 5.91 Å². The molecule has 0 aromatic heterocycles. The lowest BCUT2D eigenvalue weighted by Crippen LogP contribution is -2.47. The van der Waals surface area contributed by atoms with Gasteiger partial charge in [-0.15, -0.1) is 0 Å². The number of hydrogen-bond acceptors (Lipinski definition) is 3. The summed E-state index contributed by atoms with van der Waals surface area (Å²) < 4.78 is 0. The summed E-state index contributed by atoms with van der Waals surface area (Å²) in [5, 5.41) is 9.33. The molecule has 3 N–H and O–H groups in total. The number of aliphatic hydroxyl groups excluding tert-OH is 1. The van der Waals surface area contributed by atoms with E-state index in [1.165, 1.54) is 4.90 Å². The van der Waals surface area contributed by atoms with Crippen molar-refractivity contribution in [2.24, 2.45) is 5.73 Å². The summed E-state index contributed by atoms with van der Waals surface area (Å²) in [6.45, 7) is 3.75. The number of carbonyl (C=O) groups is 1. The van der Waals surface area contributed by atoms with E-state index in [-0.39, 0.29) is 19.1 Å². The maximum atomic E-state index is 12.4. The Morgan fingerprint density at radius 2 is 2.05 bits per heavy atom. The highest BCUT2D eigenvalue weighted by Crippen LogP contribution is 2.17. The summed E-state index contributed by atoms with van der Waals surface area (Å²) in [7, 11) is 1.67. The molecule has 0 aliphatic heterocycles. The van der Waals surface area contributed by atoms with Crippen LogP contribution in [0.15, 0.2) is 24.3 Å². The monoisotopic (exact) mass is 260 g/mol. The van der Waals surface area contributed by atoms with Crippen molar-refractivity contribution in [3.63, 3.8) is 0 Å². The van der Waals surface area contributed by atoms with Gasteiger partial charge in [0.25, 0.3) is 5.91 Å². The Kier molecular flexibility index (Phi) is 5.11. The van der Waals surface area contributed by atoms with Crippen LogP contribution in [0.2, 0.25) is 0 Å². The highest BCUT2D eigenvalue weighted by atomic mass is 16.3. The first-order valence-corrected chi connectivity index (χ1v) is 6.11. The average Bonchev–Trinajstić information content (AvgIpc) is 2.43. The fraction of sp³-hybridized carbons (Fsp3) is 0.400. The number of likely N-dealkylation sites (N-methyl/N-ethyl adjacent to an activating group) is 1. The molecule has 4 heteroatoms. The molecule has 102 valence electrons. The van der Waals surface area contributed by atoms with E-state index in [2.05, 4.69) is 11.8 Å². The number of nitrogens with zero attached hydrogens (tertiary/aromatic N) is 1. The Labute approximate surface area is 114 Å². The molecule has 0 heterocycles. The van der Waals surface area contributed by atoms with Crippen molar-refractivity contribution in [2.45, 2.75) is 19.4 Å². The Morgan fingerprint density at radius 1 is 1.42 bits per heavy atom. The summed E-state index contributed by atoms with van der Waals surface area (Å²) in [4.78, 5) is 14.0. The first-order valence-electron chi connectivity index (χ1n) is 6.11. The predicted molar refractivity (Wildman–Crippen MR) is 75.6 cm³/mol. The Morgan fingerprint density at radius 3 is 2.63 bits per heavy atom. The van der Waals surface area contributed by atoms with E-state index in [9.17, 15) is 9.90 Å². The molecule has 19 heavy (non-hydrogen) atoms. The second-order valence-electron chi connectivity index (χ2n) is 4.89. The molecule has 0 saturated carbocycles. The second kappa shape index (κ2) is 6.37. The molecule has 0 unspecified atom stereocenters. The molecule has 0 bridgehead atoms. The number of carbonyl (C=O) groups excluding carboxylic acids is 1. The molecule has 1 rings (SSSR count). The lowest BCUT2D eigenvalue weighted by molar-refractivity contribution is 0.0473.